The third-order valence-electron chi connectivity index (χ3n) is 4.66. The fourth-order valence-electron chi connectivity index (χ4n) is 3.27. The molecule has 5 heteroatoms. The molecule has 25 heavy (non-hydrogen) atoms. The summed E-state index contributed by atoms with van der Waals surface area (Å²) in [5, 5.41) is 4.91. The lowest BCUT2D eigenvalue weighted by Gasteiger charge is -2.21. The number of nitrogens with zero attached hydrogens (tertiary/aromatic N) is 2. The van der Waals surface area contributed by atoms with E-state index in [0.29, 0.717) is 5.69 Å². The predicted molar refractivity (Wildman–Crippen MR) is 94.6 cm³/mol. The Morgan fingerprint density at radius 3 is 2.56 bits per heavy atom. The maximum atomic E-state index is 13.0. The van der Waals surface area contributed by atoms with Crippen molar-refractivity contribution in [3.05, 3.63) is 78.1 Å². The summed E-state index contributed by atoms with van der Waals surface area (Å²) in [7, 11) is 0. The maximum Gasteiger partial charge on any atom is 0.325 e. The van der Waals surface area contributed by atoms with E-state index < -0.39 is 11.6 Å². The molecule has 1 aromatic heterocycles. The molecule has 0 unspecified atom stereocenters. The summed E-state index contributed by atoms with van der Waals surface area (Å²) >= 11 is 0. The molecule has 0 spiro atoms. The van der Waals surface area contributed by atoms with Crippen molar-refractivity contribution in [3.63, 3.8) is 0 Å². The molecule has 1 fully saturated rings. The van der Waals surface area contributed by atoms with Gasteiger partial charge in [-0.05, 0) is 35.4 Å². The average Bonchev–Trinajstić information content (AvgIpc) is 2.87. The van der Waals surface area contributed by atoms with Crippen molar-refractivity contribution in [2.45, 2.75) is 19.0 Å². The number of nitrogens with one attached hydrogen (secondary N) is 1. The zero-order valence-corrected chi connectivity index (χ0v) is 13.8. The van der Waals surface area contributed by atoms with Crippen LogP contribution >= 0.6 is 0 Å². The zero-order valence-electron chi connectivity index (χ0n) is 13.8. The average molecular weight is 331 g/mol. The van der Waals surface area contributed by atoms with Gasteiger partial charge in [-0.2, -0.15) is 0 Å². The first-order chi connectivity index (χ1) is 12.1. The molecular formula is C20H17N3O2. The lowest BCUT2D eigenvalue weighted by molar-refractivity contribution is -0.131. The van der Waals surface area contributed by atoms with Gasteiger partial charge in [0.05, 0.1) is 12.2 Å². The number of rotatable bonds is 3. The second-order valence-electron chi connectivity index (χ2n) is 6.30. The largest absolute Gasteiger partial charge is 0.325 e. The molecule has 1 N–H and O–H groups in total. The van der Waals surface area contributed by atoms with Crippen LogP contribution < -0.4 is 5.32 Å². The van der Waals surface area contributed by atoms with Crippen molar-refractivity contribution < 1.29 is 9.59 Å². The third-order valence-corrected chi connectivity index (χ3v) is 4.66. The molecule has 0 bridgehead atoms. The summed E-state index contributed by atoms with van der Waals surface area (Å²) in [4.78, 5) is 31.0. The number of fused-ring (bicyclic) bond motifs is 1. The van der Waals surface area contributed by atoms with Crippen LogP contribution in [0.25, 0.3) is 10.8 Å². The standard InChI is InChI=1S/C20H17N3O2/c1-20(17-11-4-5-12-21-17)18(24)23(19(25)22-20)13-15-9-6-8-14-7-2-3-10-16(14)15/h2-12H,13H2,1H3,(H,22,25)/t20-/m1/s1. The van der Waals surface area contributed by atoms with E-state index in [2.05, 4.69) is 10.3 Å². The molecule has 3 aromatic rings. The molecule has 2 aromatic carbocycles. The molecule has 4 rings (SSSR count). The van der Waals surface area contributed by atoms with Gasteiger partial charge in [0, 0.05) is 6.20 Å². The number of benzene rings is 2. The SMILES string of the molecule is C[C@]1(c2ccccn2)NC(=O)N(Cc2cccc3ccccc23)C1=O. The highest BCUT2D eigenvalue weighted by Gasteiger charge is 2.49. The van der Waals surface area contributed by atoms with Crippen LogP contribution in [0.4, 0.5) is 4.79 Å². The van der Waals surface area contributed by atoms with E-state index in [1.165, 1.54) is 4.90 Å². The van der Waals surface area contributed by atoms with Gasteiger partial charge < -0.3 is 5.32 Å². The molecule has 0 aliphatic carbocycles. The van der Waals surface area contributed by atoms with Gasteiger partial charge in [-0.25, -0.2) is 4.79 Å². The van der Waals surface area contributed by atoms with Crippen LogP contribution in [0.5, 0.6) is 0 Å². The van der Waals surface area contributed by atoms with Gasteiger partial charge in [0.15, 0.2) is 5.54 Å². The number of hydrogen-bond acceptors (Lipinski definition) is 3. The number of urea groups is 1. The second kappa shape index (κ2) is 5.70. The second-order valence-corrected chi connectivity index (χ2v) is 6.30. The van der Waals surface area contributed by atoms with Crippen molar-refractivity contribution >= 4 is 22.7 Å². The van der Waals surface area contributed by atoms with Gasteiger partial charge in [-0.1, -0.05) is 48.5 Å². The van der Waals surface area contributed by atoms with Gasteiger partial charge in [0.25, 0.3) is 5.91 Å². The summed E-state index contributed by atoms with van der Waals surface area (Å²) in [5.41, 5.74) is 0.337. The lowest BCUT2D eigenvalue weighted by Crippen LogP contribution is -2.41. The van der Waals surface area contributed by atoms with E-state index in [0.717, 1.165) is 16.3 Å². The minimum atomic E-state index is -1.14. The highest BCUT2D eigenvalue weighted by Crippen LogP contribution is 2.29. The molecule has 3 amide bonds. The van der Waals surface area contributed by atoms with Crippen molar-refractivity contribution in [3.8, 4) is 0 Å². The maximum absolute atomic E-state index is 13.0. The first-order valence-electron chi connectivity index (χ1n) is 8.12. The Bertz CT molecular complexity index is 966. The Kier molecular flexibility index (Phi) is 3.50. The Balaban J connectivity index is 1.70. The predicted octanol–water partition coefficient (Wildman–Crippen LogP) is 3.20. The van der Waals surface area contributed by atoms with Crippen LogP contribution in [0.15, 0.2) is 66.9 Å². The number of pyridine rings is 1. The van der Waals surface area contributed by atoms with E-state index >= 15 is 0 Å². The summed E-state index contributed by atoms with van der Waals surface area (Å²) < 4.78 is 0. The van der Waals surface area contributed by atoms with Gasteiger partial charge >= 0.3 is 6.03 Å². The molecule has 5 nitrogen and oxygen atoms in total. The highest BCUT2D eigenvalue weighted by atomic mass is 16.2. The van der Waals surface area contributed by atoms with E-state index in [9.17, 15) is 9.59 Å². The molecule has 1 atom stereocenters. The third kappa shape index (κ3) is 2.45. The van der Waals surface area contributed by atoms with Crippen molar-refractivity contribution in [2.75, 3.05) is 0 Å². The molecule has 124 valence electrons. The van der Waals surface area contributed by atoms with Crippen molar-refractivity contribution in [1.82, 2.24) is 15.2 Å². The Labute approximate surface area is 145 Å². The van der Waals surface area contributed by atoms with E-state index in [-0.39, 0.29) is 12.5 Å². The molecule has 1 aliphatic heterocycles. The Morgan fingerprint density at radius 1 is 1.00 bits per heavy atom. The summed E-state index contributed by atoms with van der Waals surface area (Å²) in [6.45, 7) is 1.92. The molecule has 2 heterocycles. The lowest BCUT2D eigenvalue weighted by atomic mass is 9.97. The number of amides is 3. The minimum Gasteiger partial charge on any atom is -0.318 e. The summed E-state index contributed by atoms with van der Waals surface area (Å²) in [5.74, 6) is -0.288. The number of carbonyl (C=O) groups is 2. The topological polar surface area (TPSA) is 62.3 Å². The number of carbonyl (C=O) groups excluding carboxylic acids is 2. The molecule has 1 aliphatic rings. The van der Waals surface area contributed by atoms with Crippen LogP contribution in [0, 0.1) is 0 Å². The molecular weight excluding hydrogens is 314 g/mol. The quantitative estimate of drug-likeness (QED) is 0.750. The monoisotopic (exact) mass is 331 g/mol. The van der Waals surface area contributed by atoms with Crippen molar-refractivity contribution in [1.29, 1.82) is 0 Å². The fourth-order valence-corrected chi connectivity index (χ4v) is 3.27. The smallest absolute Gasteiger partial charge is 0.318 e. The normalized spacial score (nSPS) is 20.1. The van der Waals surface area contributed by atoms with E-state index in [1.54, 1.807) is 31.3 Å². The van der Waals surface area contributed by atoms with Gasteiger partial charge in [-0.3, -0.25) is 14.7 Å². The number of imide groups is 1. The first kappa shape index (κ1) is 15.3. The van der Waals surface area contributed by atoms with Crippen LogP contribution in [-0.2, 0) is 16.9 Å². The van der Waals surface area contributed by atoms with E-state index in [1.807, 2.05) is 42.5 Å². The minimum absolute atomic E-state index is 0.231. The Hall–Kier alpha value is -3.21. The summed E-state index contributed by atoms with van der Waals surface area (Å²) in [6, 6.07) is 18.8. The molecule has 0 radical (unpaired) electrons. The Morgan fingerprint density at radius 2 is 1.76 bits per heavy atom. The van der Waals surface area contributed by atoms with Crippen LogP contribution in [0.3, 0.4) is 0 Å². The first-order valence-corrected chi connectivity index (χ1v) is 8.12. The number of aromatic nitrogens is 1. The number of hydrogen-bond donors (Lipinski definition) is 1. The van der Waals surface area contributed by atoms with Gasteiger partial charge in [0.1, 0.15) is 0 Å². The van der Waals surface area contributed by atoms with Gasteiger partial charge in [0.2, 0.25) is 0 Å². The van der Waals surface area contributed by atoms with E-state index in [4.69, 9.17) is 0 Å². The van der Waals surface area contributed by atoms with Gasteiger partial charge in [-0.15, -0.1) is 0 Å². The molecule has 0 saturated carbocycles. The molecule has 1 saturated heterocycles. The highest BCUT2D eigenvalue weighted by molar-refractivity contribution is 6.07. The summed E-state index contributed by atoms with van der Waals surface area (Å²) in [6.07, 6.45) is 1.62. The zero-order chi connectivity index (χ0) is 17.4. The van der Waals surface area contributed by atoms with Crippen LogP contribution in [0.2, 0.25) is 0 Å². The van der Waals surface area contributed by atoms with Crippen LogP contribution in [-0.4, -0.2) is 21.8 Å². The van der Waals surface area contributed by atoms with Crippen molar-refractivity contribution in [2.24, 2.45) is 0 Å². The van der Waals surface area contributed by atoms with Crippen LogP contribution in [0.1, 0.15) is 18.2 Å². The fraction of sp³-hybridized carbons (Fsp3) is 0.150.